The van der Waals surface area contributed by atoms with Gasteiger partial charge in [0.25, 0.3) is 0 Å². The van der Waals surface area contributed by atoms with Crippen LogP contribution in [0.25, 0.3) is 0 Å². The molecule has 4 nitrogen and oxygen atoms in total. The van der Waals surface area contributed by atoms with Crippen LogP contribution >= 0.6 is 0 Å². The van der Waals surface area contributed by atoms with Crippen molar-refractivity contribution in [3.8, 4) is 6.07 Å². The summed E-state index contributed by atoms with van der Waals surface area (Å²) in [4.78, 5) is 12.2. The molecule has 0 radical (unpaired) electrons. The highest BCUT2D eigenvalue weighted by atomic mass is 19.1. The maximum atomic E-state index is 13.7. The third-order valence-corrected chi connectivity index (χ3v) is 3.00. The van der Waals surface area contributed by atoms with Crippen molar-refractivity contribution in [3.63, 3.8) is 0 Å². The molecule has 0 spiro atoms. The first kappa shape index (κ1) is 12.3. The van der Waals surface area contributed by atoms with Gasteiger partial charge in [-0.1, -0.05) is 0 Å². The average molecular weight is 252 g/mol. The monoisotopic (exact) mass is 252 g/mol. The average Bonchev–Trinajstić information content (AvgIpc) is 2.77. The summed E-state index contributed by atoms with van der Waals surface area (Å²) in [5.74, 6) is -3.25. The highest BCUT2D eigenvalue weighted by Gasteiger charge is 2.31. The lowest BCUT2D eigenvalue weighted by Gasteiger charge is -2.19. The second-order valence-electron chi connectivity index (χ2n) is 4.17. The zero-order chi connectivity index (χ0) is 13.3. The number of nitrogens with zero attached hydrogens (tertiary/aromatic N) is 2. The quantitative estimate of drug-likeness (QED) is 0.870. The van der Waals surface area contributed by atoms with Gasteiger partial charge in [-0.15, -0.1) is 0 Å². The van der Waals surface area contributed by atoms with Crippen LogP contribution in [0.15, 0.2) is 12.1 Å². The number of carbonyl (C=O) groups is 1. The lowest BCUT2D eigenvalue weighted by molar-refractivity contribution is -0.140. The molecular weight excluding hydrogens is 242 g/mol. The van der Waals surface area contributed by atoms with Gasteiger partial charge in [0.1, 0.15) is 5.69 Å². The number of rotatable bonds is 2. The van der Waals surface area contributed by atoms with Gasteiger partial charge in [-0.2, -0.15) is 5.26 Å². The van der Waals surface area contributed by atoms with Gasteiger partial charge < -0.3 is 10.0 Å². The van der Waals surface area contributed by atoms with E-state index in [1.54, 1.807) is 6.07 Å². The summed E-state index contributed by atoms with van der Waals surface area (Å²) in [6, 6.07) is 3.56. The van der Waals surface area contributed by atoms with E-state index in [2.05, 4.69) is 0 Å². The van der Waals surface area contributed by atoms with Crippen molar-refractivity contribution in [2.45, 2.75) is 6.42 Å². The molecule has 0 aliphatic carbocycles. The smallest absolute Gasteiger partial charge is 0.308 e. The van der Waals surface area contributed by atoms with Gasteiger partial charge in [-0.25, -0.2) is 8.78 Å². The van der Waals surface area contributed by atoms with Gasteiger partial charge in [-0.05, 0) is 18.6 Å². The Morgan fingerprint density at radius 2 is 2.06 bits per heavy atom. The number of nitriles is 1. The van der Waals surface area contributed by atoms with Gasteiger partial charge in [0.2, 0.25) is 0 Å². The van der Waals surface area contributed by atoms with Crippen LogP contribution in [0.5, 0.6) is 0 Å². The van der Waals surface area contributed by atoms with Crippen LogP contribution in [0.2, 0.25) is 0 Å². The predicted molar refractivity (Wildman–Crippen MR) is 59.0 cm³/mol. The van der Waals surface area contributed by atoms with E-state index in [1.165, 1.54) is 4.90 Å². The molecule has 2 rings (SSSR count). The molecule has 1 aliphatic rings. The van der Waals surface area contributed by atoms with Crippen LogP contribution < -0.4 is 4.90 Å². The molecule has 94 valence electrons. The fourth-order valence-corrected chi connectivity index (χ4v) is 2.10. The van der Waals surface area contributed by atoms with E-state index in [4.69, 9.17) is 10.4 Å². The fourth-order valence-electron chi connectivity index (χ4n) is 2.10. The Balaban J connectivity index is 2.31. The molecule has 6 heteroatoms. The van der Waals surface area contributed by atoms with Crippen LogP contribution in [-0.4, -0.2) is 24.2 Å². The minimum Gasteiger partial charge on any atom is -0.481 e. The number of anilines is 1. The molecule has 0 aromatic heterocycles. The zero-order valence-electron chi connectivity index (χ0n) is 9.36. The van der Waals surface area contributed by atoms with E-state index in [0.717, 1.165) is 12.1 Å². The molecule has 1 aliphatic heterocycles. The number of carboxylic acids is 1. The zero-order valence-corrected chi connectivity index (χ0v) is 9.36. The Bertz CT molecular complexity index is 516. The lowest BCUT2D eigenvalue weighted by Crippen LogP contribution is -2.24. The number of benzene rings is 1. The molecule has 18 heavy (non-hydrogen) atoms. The summed E-state index contributed by atoms with van der Waals surface area (Å²) in [6.45, 7) is 0.367. The summed E-state index contributed by atoms with van der Waals surface area (Å²) in [7, 11) is 0. The Hall–Kier alpha value is -2.16. The number of hydrogen-bond acceptors (Lipinski definition) is 3. The topological polar surface area (TPSA) is 64.3 Å². The molecule has 0 amide bonds. The number of carboxylic acid groups (broad SMARTS) is 1. The van der Waals surface area contributed by atoms with Gasteiger partial charge in [0, 0.05) is 13.1 Å². The summed E-state index contributed by atoms with van der Waals surface area (Å²) in [6.07, 6.45) is 0.355. The Kier molecular flexibility index (Phi) is 3.15. The van der Waals surface area contributed by atoms with Crippen molar-refractivity contribution < 1.29 is 18.7 Å². The van der Waals surface area contributed by atoms with Crippen molar-refractivity contribution in [2.75, 3.05) is 18.0 Å². The molecule has 0 bridgehead atoms. The van der Waals surface area contributed by atoms with E-state index < -0.39 is 23.5 Å². The number of aliphatic carboxylic acids is 1. The van der Waals surface area contributed by atoms with Gasteiger partial charge in [0.05, 0.1) is 17.6 Å². The SMILES string of the molecule is N#Cc1cc(F)c(N2CCC(C(=O)O)C2)c(F)c1. The molecule has 1 atom stereocenters. The van der Waals surface area contributed by atoms with Gasteiger partial charge in [0.15, 0.2) is 11.6 Å². The Morgan fingerprint density at radius 3 is 2.50 bits per heavy atom. The van der Waals surface area contributed by atoms with Crippen molar-refractivity contribution in [2.24, 2.45) is 5.92 Å². The van der Waals surface area contributed by atoms with Crippen molar-refractivity contribution >= 4 is 11.7 Å². The molecule has 1 heterocycles. The van der Waals surface area contributed by atoms with Crippen LogP contribution in [0, 0.1) is 28.9 Å². The van der Waals surface area contributed by atoms with Crippen molar-refractivity contribution in [1.82, 2.24) is 0 Å². The third kappa shape index (κ3) is 2.12. The van der Waals surface area contributed by atoms with E-state index in [-0.39, 0.29) is 24.3 Å². The largest absolute Gasteiger partial charge is 0.481 e. The molecule has 1 N–H and O–H groups in total. The van der Waals surface area contributed by atoms with Crippen molar-refractivity contribution in [1.29, 1.82) is 5.26 Å². The van der Waals surface area contributed by atoms with Crippen LogP contribution in [-0.2, 0) is 4.79 Å². The third-order valence-electron chi connectivity index (χ3n) is 3.00. The van der Waals surface area contributed by atoms with Crippen LogP contribution in [0.3, 0.4) is 0 Å². The molecule has 1 aromatic carbocycles. The second-order valence-corrected chi connectivity index (χ2v) is 4.17. The van der Waals surface area contributed by atoms with Crippen LogP contribution in [0.4, 0.5) is 14.5 Å². The minimum atomic E-state index is -0.966. The summed E-state index contributed by atoms with van der Waals surface area (Å²) < 4.78 is 27.4. The number of hydrogen-bond donors (Lipinski definition) is 1. The van der Waals surface area contributed by atoms with E-state index in [9.17, 15) is 13.6 Å². The fraction of sp³-hybridized carbons (Fsp3) is 0.333. The normalized spacial score (nSPS) is 18.7. The predicted octanol–water partition coefficient (Wildman–Crippen LogP) is 1.75. The highest BCUT2D eigenvalue weighted by molar-refractivity contribution is 5.72. The maximum absolute atomic E-state index is 13.7. The van der Waals surface area contributed by atoms with Gasteiger partial charge in [-0.3, -0.25) is 4.79 Å². The lowest BCUT2D eigenvalue weighted by atomic mass is 10.1. The molecular formula is C12H10F2N2O2. The number of halogens is 2. The van der Waals surface area contributed by atoms with E-state index >= 15 is 0 Å². The Morgan fingerprint density at radius 1 is 1.44 bits per heavy atom. The first-order valence-electron chi connectivity index (χ1n) is 5.40. The first-order chi connectivity index (χ1) is 8.52. The minimum absolute atomic E-state index is 0.0784. The Labute approximate surface area is 102 Å². The maximum Gasteiger partial charge on any atom is 0.308 e. The van der Waals surface area contributed by atoms with E-state index in [1.807, 2.05) is 0 Å². The summed E-state index contributed by atoms with van der Waals surface area (Å²) in [5.41, 5.74) is -0.347. The van der Waals surface area contributed by atoms with Crippen LogP contribution in [0.1, 0.15) is 12.0 Å². The summed E-state index contributed by atoms with van der Waals surface area (Å²) in [5, 5.41) is 17.4. The molecule has 1 unspecified atom stereocenters. The summed E-state index contributed by atoms with van der Waals surface area (Å²) >= 11 is 0. The first-order valence-corrected chi connectivity index (χ1v) is 5.40. The van der Waals surface area contributed by atoms with Gasteiger partial charge >= 0.3 is 5.97 Å². The highest BCUT2D eigenvalue weighted by Crippen LogP contribution is 2.29. The standard InChI is InChI=1S/C12H10F2N2O2/c13-9-3-7(5-15)4-10(14)11(9)16-2-1-8(6-16)12(17)18/h3-4,8H,1-2,6H2,(H,17,18). The molecule has 1 fully saturated rings. The molecule has 1 aromatic rings. The second kappa shape index (κ2) is 4.61. The molecule has 1 saturated heterocycles. The van der Waals surface area contributed by atoms with E-state index in [0.29, 0.717) is 6.42 Å². The molecule has 0 saturated carbocycles. The van der Waals surface area contributed by atoms with Crippen molar-refractivity contribution in [3.05, 3.63) is 29.3 Å².